The lowest BCUT2D eigenvalue weighted by atomic mass is 10.2. The molecule has 0 unspecified atom stereocenters. The van der Waals surface area contributed by atoms with Crippen LogP contribution >= 0.6 is 11.3 Å². The fraction of sp³-hybridized carbons (Fsp3) is 0.200. The van der Waals surface area contributed by atoms with Crippen molar-refractivity contribution in [1.29, 1.82) is 0 Å². The number of thiophene rings is 1. The molecule has 0 saturated heterocycles. The Morgan fingerprint density at radius 2 is 1.95 bits per heavy atom. The summed E-state index contributed by atoms with van der Waals surface area (Å²) in [7, 11) is 0. The molecule has 4 nitrogen and oxygen atoms in total. The number of carboxylic acid groups (broad SMARTS) is 1. The molecule has 0 atom stereocenters. The van der Waals surface area contributed by atoms with Crippen LogP contribution in [0.5, 0.6) is 0 Å². The quantitative estimate of drug-likeness (QED) is 0.892. The number of hydrogen-bond acceptors (Lipinski definition) is 3. The topological polar surface area (TPSA) is 57.6 Å². The van der Waals surface area contributed by atoms with Crippen LogP contribution in [-0.4, -0.2) is 23.5 Å². The van der Waals surface area contributed by atoms with Crippen molar-refractivity contribution in [2.75, 3.05) is 11.4 Å². The van der Waals surface area contributed by atoms with Crippen molar-refractivity contribution in [3.05, 3.63) is 52.5 Å². The number of hydrogen-bond donors (Lipinski definition) is 1. The maximum absolute atomic E-state index is 13.9. The van der Waals surface area contributed by atoms with Crippen LogP contribution in [-0.2, 0) is 16.0 Å². The van der Waals surface area contributed by atoms with Crippen molar-refractivity contribution in [3.8, 4) is 0 Å². The molecule has 1 amide bonds. The number of aliphatic carboxylic acids is 1. The highest BCUT2D eigenvalue weighted by atomic mass is 32.1. The summed E-state index contributed by atoms with van der Waals surface area (Å²) in [5, 5.41) is 10.6. The summed E-state index contributed by atoms with van der Waals surface area (Å²) in [6.45, 7) is -0.0551. The normalized spacial score (nSPS) is 10.3. The number of para-hydroxylation sites is 1. The number of nitrogens with zero attached hydrogens (tertiary/aromatic N) is 1. The average molecular weight is 307 g/mol. The molecule has 110 valence electrons. The molecule has 0 bridgehead atoms. The van der Waals surface area contributed by atoms with E-state index in [0.717, 1.165) is 4.88 Å². The van der Waals surface area contributed by atoms with E-state index in [1.54, 1.807) is 6.07 Å². The van der Waals surface area contributed by atoms with Crippen LogP contribution in [0.1, 0.15) is 11.3 Å². The van der Waals surface area contributed by atoms with E-state index in [-0.39, 0.29) is 31.0 Å². The highest BCUT2D eigenvalue weighted by molar-refractivity contribution is 7.10. The first kappa shape index (κ1) is 15.2. The van der Waals surface area contributed by atoms with Crippen molar-refractivity contribution < 1.29 is 19.1 Å². The zero-order valence-corrected chi connectivity index (χ0v) is 12.0. The number of amides is 1. The van der Waals surface area contributed by atoms with Gasteiger partial charge in [-0.3, -0.25) is 9.59 Å². The van der Waals surface area contributed by atoms with Gasteiger partial charge in [-0.1, -0.05) is 18.2 Å². The maximum Gasteiger partial charge on any atom is 0.305 e. The van der Waals surface area contributed by atoms with Crippen molar-refractivity contribution >= 4 is 28.9 Å². The lowest BCUT2D eigenvalue weighted by molar-refractivity contribution is -0.136. The largest absolute Gasteiger partial charge is 0.481 e. The molecule has 1 N–H and O–H groups in total. The van der Waals surface area contributed by atoms with Crippen LogP contribution < -0.4 is 4.90 Å². The molecule has 2 rings (SSSR count). The number of carboxylic acids is 1. The van der Waals surface area contributed by atoms with Crippen LogP contribution in [0.2, 0.25) is 0 Å². The van der Waals surface area contributed by atoms with Gasteiger partial charge >= 0.3 is 5.97 Å². The first-order valence-corrected chi connectivity index (χ1v) is 7.25. The van der Waals surface area contributed by atoms with Crippen LogP contribution in [0, 0.1) is 5.82 Å². The zero-order valence-electron chi connectivity index (χ0n) is 11.2. The minimum absolute atomic E-state index is 0.0551. The molecule has 2 aromatic rings. The third-order valence-corrected chi connectivity index (χ3v) is 3.78. The molecule has 0 radical (unpaired) electrons. The Labute approximate surface area is 125 Å². The molecule has 0 aliphatic heterocycles. The fourth-order valence-corrected chi connectivity index (χ4v) is 2.61. The lowest BCUT2D eigenvalue weighted by Crippen LogP contribution is -2.34. The van der Waals surface area contributed by atoms with E-state index in [4.69, 9.17) is 5.11 Å². The molecular weight excluding hydrogens is 293 g/mol. The van der Waals surface area contributed by atoms with Crippen LogP contribution in [0.15, 0.2) is 41.8 Å². The van der Waals surface area contributed by atoms with Gasteiger partial charge in [0.2, 0.25) is 5.91 Å². The second-order valence-electron chi connectivity index (χ2n) is 4.40. The van der Waals surface area contributed by atoms with E-state index >= 15 is 0 Å². The van der Waals surface area contributed by atoms with E-state index in [9.17, 15) is 14.0 Å². The van der Waals surface area contributed by atoms with Gasteiger partial charge in [0.1, 0.15) is 5.82 Å². The Bertz CT molecular complexity index is 628. The van der Waals surface area contributed by atoms with Crippen molar-refractivity contribution in [3.63, 3.8) is 0 Å². The smallest absolute Gasteiger partial charge is 0.305 e. The van der Waals surface area contributed by atoms with Gasteiger partial charge in [0.05, 0.1) is 18.5 Å². The third-order valence-electron chi connectivity index (χ3n) is 2.90. The molecule has 1 aromatic heterocycles. The van der Waals surface area contributed by atoms with Gasteiger partial charge in [0.25, 0.3) is 0 Å². The highest BCUT2D eigenvalue weighted by Gasteiger charge is 2.20. The third kappa shape index (κ3) is 4.13. The summed E-state index contributed by atoms with van der Waals surface area (Å²) in [4.78, 5) is 25.1. The number of benzene rings is 1. The molecular formula is C15H14FNO3S. The standard InChI is InChI=1S/C15H14FNO3S/c16-12-5-1-2-6-13(12)17(8-7-15(19)20)14(18)10-11-4-3-9-21-11/h1-6,9H,7-8,10H2,(H,19,20). The second kappa shape index (κ2) is 6.99. The van der Waals surface area contributed by atoms with Gasteiger partial charge in [-0.25, -0.2) is 4.39 Å². The maximum atomic E-state index is 13.9. The van der Waals surface area contributed by atoms with Gasteiger partial charge in [0, 0.05) is 11.4 Å². The van der Waals surface area contributed by atoms with E-state index in [1.165, 1.54) is 34.4 Å². The zero-order chi connectivity index (χ0) is 15.2. The highest BCUT2D eigenvalue weighted by Crippen LogP contribution is 2.21. The summed E-state index contributed by atoms with van der Waals surface area (Å²) in [6, 6.07) is 9.52. The predicted molar refractivity (Wildman–Crippen MR) is 79.0 cm³/mol. The Hall–Kier alpha value is -2.21. The van der Waals surface area contributed by atoms with Crippen LogP contribution in [0.3, 0.4) is 0 Å². The van der Waals surface area contributed by atoms with Crippen molar-refractivity contribution in [2.24, 2.45) is 0 Å². The molecule has 0 fully saturated rings. The minimum atomic E-state index is -1.03. The second-order valence-corrected chi connectivity index (χ2v) is 5.43. The Morgan fingerprint density at radius 1 is 1.19 bits per heavy atom. The molecule has 6 heteroatoms. The molecule has 0 aliphatic rings. The van der Waals surface area contributed by atoms with Crippen LogP contribution in [0.4, 0.5) is 10.1 Å². The monoisotopic (exact) mass is 307 g/mol. The number of rotatable bonds is 6. The number of anilines is 1. The molecule has 1 heterocycles. The molecule has 0 aliphatic carbocycles. The molecule has 21 heavy (non-hydrogen) atoms. The Morgan fingerprint density at radius 3 is 2.57 bits per heavy atom. The summed E-state index contributed by atoms with van der Waals surface area (Å²) in [5.74, 6) is -1.88. The van der Waals surface area contributed by atoms with Gasteiger partial charge in [-0.15, -0.1) is 11.3 Å². The Balaban J connectivity index is 2.21. The van der Waals surface area contributed by atoms with Gasteiger partial charge in [0.15, 0.2) is 0 Å². The first-order valence-electron chi connectivity index (χ1n) is 6.37. The summed E-state index contributed by atoms with van der Waals surface area (Å²) in [6.07, 6.45) is -0.101. The Kier molecular flexibility index (Phi) is 5.05. The van der Waals surface area contributed by atoms with Gasteiger partial charge < -0.3 is 10.0 Å². The molecule has 0 saturated carbocycles. The van der Waals surface area contributed by atoms with Crippen LogP contribution in [0.25, 0.3) is 0 Å². The number of carbonyl (C=O) groups is 2. The summed E-state index contributed by atoms with van der Waals surface area (Å²) < 4.78 is 13.9. The first-order chi connectivity index (χ1) is 10.1. The van der Waals surface area contributed by atoms with E-state index in [0.29, 0.717) is 0 Å². The SMILES string of the molecule is O=C(O)CCN(C(=O)Cc1cccs1)c1ccccc1F. The molecule has 0 spiro atoms. The molecule has 1 aromatic carbocycles. The number of carbonyl (C=O) groups excluding carboxylic acids is 1. The van der Waals surface area contributed by atoms with Crippen molar-refractivity contribution in [2.45, 2.75) is 12.8 Å². The van der Waals surface area contributed by atoms with Crippen molar-refractivity contribution in [1.82, 2.24) is 0 Å². The van der Waals surface area contributed by atoms with E-state index < -0.39 is 11.8 Å². The fourth-order valence-electron chi connectivity index (χ4n) is 1.92. The summed E-state index contributed by atoms with van der Waals surface area (Å²) >= 11 is 1.43. The van der Waals surface area contributed by atoms with Gasteiger partial charge in [-0.2, -0.15) is 0 Å². The predicted octanol–water partition coefficient (Wildman–Crippen LogP) is 2.94. The number of halogens is 1. The van der Waals surface area contributed by atoms with E-state index in [1.807, 2.05) is 17.5 Å². The minimum Gasteiger partial charge on any atom is -0.481 e. The lowest BCUT2D eigenvalue weighted by Gasteiger charge is -2.22. The summed E-state index contributed by atoms with van der Waals surface area (Å²) in [5.41, 5.74) is 0.111. The van der Waals surface area contributed by atoms with E-state index in [2.05, 4.69) is 0 Å². The average Bonchev–Trinajstić information content (AvgIpc) is 2.93. The van der Waals surface area contributed by atoms with Gasteiger partial charge in [-0.05, 0) is 23.6 Å².